The van der Waals surface area contributed by atoms with Crippen LogP contribution in [0.2, 0.25) is 0 Å². The average molecular weight is 234 g/mol. The molecule has 0 aromatic heterocycles. The van der Waals surface area contributed by atoms with Crippen molar-refractivity contribution in [2.45, 2.75) is 25.6 Å². The highest BCUT2D eigenvalue weighted by molar-refractivity contribution is 6.00. The number of hydrogen-bond acceptors (Lipinski definition) is 4. The normalized spacial score (nSPS) is 21.5. The lowest BCUT2D eigenvalue weighted by molar-refractivity contribution is 0.0994. The smallest absolute Gasteiger partial charge is 0.163 e. The molecule has 17 heavy (non-hydrogen) atoms. The Labute approximate surface area is 99.2 Å². The van der Waals surface area contributed by atoms with Gasteiger partial charge in [0, 0.05) is 17.5 Å². The Balaban J connectivity index is 1.88. The summed E-state index contributed by atoms with van der Waals surface area (Å²) in [6.07, 6.45) is 1.53. The summed E-state index contributed by atoms with van der Waals surface area (Å²) in [6, 6.07) is 3.64. The molecule has 0 radical (unpaired) electrons. The standard InChI is InChI=1S/C13H14O4/c14-5-9-3-11-8(1-2-12(11)15)4-13(9)17-7-10-6-16-10/h3-4,10,14H,1-2,5-7H2. The minimum atomic E-state index is -0.110. The van der Waals surface area contributed by atoms with Gasteiger partial charge in [0.15, 0.2) is 5.78 Å². The molecular formula is C13H14O4. The van der Waals surface area contributed by atoms with Crippen molar-refractivity contribution in [1.29, 1.82) is 0 Å². The zero-order valence-electron chi connectivity index (χ0n) is 9.44. The third-order valence-electron chi connectivity index (χ3n) is 3.21. The van der Waals surface area contributed by atoms with Crippen LogP contribution in [0.15, 0.2) is 12.1 Å². The van der Waals surface area contributed by atoms with Crippen molar-refractivity contribution in [1.82, 2.24) is 0 Å². The third-order valence-corrected chi connectivity index (χ3v) is 3.21. The quantitative estimate of drug-likeness (QED) is 0.792. The van der Waals surface area contributed by atoms with Crippen LogP contribution in [0.3, 0.4) is 0 Å². The van der Waals surface area contributed by atoms with Gasteiger partial charge in [0.25, 0.3) is 0 Å². The first kappa shape index (κ1) is 10.7. The molecule has 3 rings (SSSR count). The summed E-state index contributed by atoms with van der Waals surface area (Å²) in [4.78, 5) is 11.6. The summed E-state index contributed by atoms with van der Waals surface area (Å²) in [5, 5.41) is 9.29. The van der Waals surface area contributed by atoms with Gasteiger partial charge < -0.3 is 14.6 Å². The van der Waals surface area contributed by atoms with Crippen molar-refractivity contribution in [2.24, 2.45) is 0 Å². The SMILES string of the molecule is O=C1CCc2cc(OCC3CO3)c(CO)cc21. The maximum atomic E-state index is 11.6. The van der Waals surface area contributed by atoms with Crippen molar-refractivity contribution < 1.29 is 19.4 Å². The second kappa shape index (κ2) is 4.13. The highest BCUT2D eigenvalue weighted by Crippen LogP contribution is 2.30. The summed E-state index contributed by atoms with van der Waals surface area (Å²) < 4.78 is 10.7. The van der Waals surface area contributed by atoms with E-state index in [9.17, 15) is 9.90 Å². The molecule has 1 aromatic carbocycles. The molecule has 1 aromatic rings. The number of epoxide rings is 1. The molecule has 4 nitrogen and oxygen atoms in total. The fourth-order valence-corrected chi connectivity index (χ4v) is 2.12. The summed E-state index contributed by atoms with van der Waals surface area (Å²) >= 11 is 0. The number of aliphatic hydroxyl groups excluding tert-OH is 1. The van der Waals surface area contributed by atoms with E-state index in [-0.39, 0.29) is 18.5 Å². The van der Waals surface area contributed by atoms with E-state index in [4.69, 9.17) is 9.47 Å². The van der Waals surface area contributed by atoms with Crippen LogP contribution in [0.5, 0.6) is 5.75 Å². The summed E-state index contributed by atoms with van der Waals surface area (Å²) in [7, 11) is 0. The van der Waals surface area contributed by atoms with E-state index >= 15 is 0 Å². The minimum absolute atomic E-state index is 0.110. The summed E-state index contributed by atoms with van der Waals surface area (Å²) in [5.74, 6) is 0.836. The van der Waals surface area contributed by atoms with Gasteiger partial charge >= 0.3 is 0 Å². The third kappa shape index (κ3) is 2.06. The lowest BCUT2D eigenvalue weighted by atomic mass is 10.1. The molecule has 1 fully saturated rings. The molecule has 0 spiro atoms. The van der Waals surface area contributed by atoms with Crippen LogP contribution in [0.1, 0.15) is 27.9 Å². The summed E-state index contributed by atoms with van der Waals surface area (Å²) in [6.45, 7) is 1.15. The molecule has 4 heteroatoms. The van der Waals surface area contributed by atoms with Crippen LogP contribution < -0.4 is 4.74 Å². The maximum Gasteiger partial charge on any atom is 0.163 e. The Bertz CT molecular complexity index is 463. The Morgan fingerprint density at radius 2 is 2.24 bits per heavy atom. The molecule has 1 aliphatic heterocycles. The van der Waals surface area contributed by atoms with Gasteiger partial charge in [-0.15, -0.1) is 0 Å². The molecular weight excluding hydrogens is 220 g/mol. The summed E-state index contributed by atoms with van der Waals surface area (Å²) in [5.41, 5.74) is 2.45. The number of aliphatic hydroxyl groups is 1. The zero-order valence-corrected chi connectivity index (χ0v) is 9.44. The molecule has 0 bridgehead atoms. The second-order valence-electron chi connectivity index (χ2n) is 4.46. The maximum absolute atomic E-state index is 11.6. The Hall–Kier alpha value is -1.39. The number of Topliss-reactive ketones (excluding diaryl/α,β-unsaturated/α-hetero) is 1. The van der Waals surface area contributed by atoms with Crippen LogP contribution in [0.25, 0.3) is 0 Å². The Kier molecular flexibility index (Phi) is 2.61. The topological polar surface area (TPSA) is 59.1 Å². The van der Waals surface area contributed by atoms with Gasteiger partial charge in [-0.2, -0.15) is 0 Å². The predicted octanol–water partition coefficient (Wildman–Crippen LogP) is 1.09. The van der Waals surface area contributed by atoms with Crippen LogP contribution >= 0.6 is 0 Å². The molecule has 0 saturated carbocycles. The van der Waals surface area contributed by atoms with Crippen molar-refractivity contribution in [3.8, 4) is 5.75 Å². The van der Waals surface area contributed by atoms with E-state index in [0.29, 0.717) is 24.3 Å². The highest BCUT2D eigenvalue weighted by atomic mass is 16.6. The van der Waals surface area contributed by atoms with Gasteiger partial charge in [0.2, 0.25) is 0 Å². The fourth-order valence-electron chi connectivity index (χ4n) is 2.12. The van der Waals surface area contributed by atoms with E-state index in [1.54, 1.807) is 6.07 Å². The number of carbonyl (C=O) groups excluding carboxylic acids is 1. The molecule has 1 aliphatic carbocycles. The van der Waals surface area contributed by atoms with Crippen molar-refractivity contribution in [3.05, 3.63) is 28.8 Å². The first-order chi connectivity index (χ1) is 8.28. The molecule has 1 saturated heterocycles. The van der Waals surface area contributed by atoms with Gasteiger partial charge in [-0.1, -0.05) is 0 Å². The van der Waals surface area contributed by atoms with Crippen molar-refractivity contribution >= 4 is 5.78 Å². The second-order valence-corrected chi connectivity index (χ2v) is 4.46. The number of ketones is 1. The van der Waals surface area contributed by atoms with Gasteiger partial charge in [0.05, 0.1) is 13.2 Å². The number of benzene rings is 1. The number of ether oxygens (including phenoxy) is 2. The Morgan fingerprint density at radius 3 is 2.94 bits per heavy atom. The molecule has 2 aliphatic rings. The van der Waals surface area contributed by atoms with E-state index < -0.39 is 0 Å². The molecule has 1 N–H and O–H groups in total. The molecule has 90 valence electrons. The fraction of sp³-hybridized carbons (Fsp3) is 0.462. The first-order valence-corrected chi connectivity index (χ1v) is 5.82. The van der Waals surface area contributed by atoms with Gasteiger partial charge in [-0.25, -0.2) is 0 Å². The molecule has 1 atom stereocenters. The van der Waals surface area contributed by atoms with Crippen LogP contribution in [-0.4, -0.2) is 30.2 Å². The minimum Gasteiger partial charge on any atom is -0.490 e. The number of fused-ring (bicyclic) bond motifs is 1. The number of carbonyl (C=O) groups is 1. The van der Waals surface area contributed by atoms with E-state index in [0.717, 1.165) is 24.2 Å². The van der Waals surface area contributed by atoms with Crippen LogP contribution in [0.4, 0.5) is 0 Å². The monoisotopic (exact) mass is 234 g/mol. The lowest BCUT2D eigenvalue weighted by Gasteiger charge is -2.11. The molecule has 1 unspecified atom stereocenters. The highest BCUT2D eigenvalue weighted by Gasteiger charge is 2.25. The number of hydrogen-bond donors (Lipinski definition) is 1. The van der Waals surface area contributed by atoms with E-state index in [1.807, 2.05) is 6.07 Å². The molecule has 0 amide bonds. The lowest BCUT2D eigenvalue weighted by Crippen LogP contribution is -2.07. The predicted molar refractivity (Wildman–Crippen MR) is 60.3 cm³/mol. The number of rotatable bonds is 4. The number of aryl methyl sites for hydroxylation is 1. The first-order valence-electron chi connectivity index (χ1n) is 5.82. The average Bonchev–Trinajstić information content (AvgIpc) is 3.11. The van der Waals surface area contributed by atoms with Gasteiger partial charge in [-0.05, 0) is 24.1 Å². The van der Waals surface area contributed by atoms with Gasteiger partial charge in [0.1, 0.15) is 18.5 Å². The molecule has 1 heterocycles. The van der Waals surface area contributed by atoms with Gasteiger partial charge in [-0.3, -0.25) is 4.79 Å². The Morgan fingerprint density at radius 1 is 1.41 bits per heavy atom. The van der Waals surface area contributed by atoms with Crippen LogP contribution in [-0.2, 0) is 17.8 Å². The van der Waals surface area contributed by atoms with Crippen LogP contribution in [0, 0.1) is 0 Å². The van der Waals surface area contributed by atoms with Crippen molar-refractivity contribution in [2.75, 3.05) is 13.2 Å². The largest absolute Gasteiger partial charge is 0.490 e. The van der Waals surface area contributed by atoms with E-state index in [2.05, 4.69) is 0 Å². The zero-order chi connectivity index (χ0) is 11.8. The van der Waals surface area contributed by atoms with E-state index in [1.165, 1.54) is 0 Å². The van der Waals surface area contributed by atoms with Crippen molar-refractivity contribution in [3.63, 3.8) is 0 Å².